The lowest BCUT2D eigenvalue weighted by molar-refractivity contribution is -0.132. The number of anilines is 1. The average Bonchev–Trinajstić information content (AvgIpc) is 3.09. The Hall–Kier alpha value is -4.26. The Morgan fingerprint density at radius 3 is 2.20 bits per heavy atom. The lowest BCUT2D eigenvalue weighted by Crippen LogP contribution is -2.29. The minimum Gasteiger partial charge on any atom is -0.507 e. The fourth-order valence-electron chi connectivity index (χ4n) is 4.06. The highest BCUT2D eigenvalue weighted by atomic mass is 19.1. The van der Waals surface area contributed by atoms with Crippen molar-refractivity contribution in [1.82, 2.24) is 0 Å². The van der Waals surface area contributed by atoms with Gasteiger partial charge in [0.25, 0.3) is 11.7 Å². The second-order valence-corrected chi connectivity index (χ2v) is 8.59. The van der Waals surface area contributed by atoms with E-state index in [1.807, 2.05) is 19.1 Å². The molecule has 1 aliphatic rings. The van der Waals surface area contributed by atoms with Crippen molar-refractivity contribution in [1.29, 1.82) is 0 Å². The van der Waals surface area contributed by atoms with Crippen LogP contribution in [0, 0.1) is 12.7 Å². The standard InChI is InChI=1S/C28H24FNO5/c1-16(2)35-28(34)19-9-13-22(14-10-19)30-24(20-6-4-5-17(3)15-20)23(26(32)27(30)33)25(31)18-7-11-21(29)12-8-18/h4-16,24,31H,1-3H3/b25-23+. The molecular formula is C28H24FNO5. The number of hydrogen-bond acceptors (Lipinski definition) is 5. The highest BCUT2D eigenvalue weighted by molar-refractivity contribution is 6.51. The number of Topliss-reactive ketones (excluding diaryl/α,β-unsaturated/α-hetero) is 1. The number of rotatable bonds is 5. The van der Waals surface area contributed by atoms with Crippen molar-refractivity contribution in [3.05, 3.63) is 106 Å². The van der Waals surface area contributed by atoms with Crippen LogP contribution in [0.25, 0.3) is 5.76 Å². The lowest BCUT2D eigenvalue weighted by Gasteiger charge is -2.26. The van der Waals surface area contributed by atoms with Crippen LogP contribution in [-0.4, -0.2) is 28.9 Å². The van der Waals surface area contributed by atoms with Crippen LogP contribution >= 0.6 is 0 Å². The van der Waals surface area contributed by atoms with Gasteiger partial charge in [0.2, 0.25) is 0 Å². The Bertz CT molecular complexity index is 1330. The number of hydrogen-bond donors (Lipinski definition) is 1. The molecule has 1 atom stereocenters. The molecule has 0 spiro atoms. The average molecular weight is 474 g/mol. The van der Waals surface area contributed by atoms with Crippen molar-refractivity contribution in [2.24, 2.45) is 0 Å². The molecule has 0 radical (unpaired) electrons. The van der Waals surface area contributed by atoms with Gasteiger partial charge in [-0.25, -0.2) is 9.18 Å². The number of aliphatic hydroxyl groups is 1. The molecule has 178 valence electrons. The highest BCUT2D eigenvalue weighted by Crippen LogP contribution is 2.42. The van der Waals surface area contributed by atoms with Gasteiger partial charge in [-0.05, 0) is 74.9 Å². The van der Waals surface area contributed by atoms with E-state index in [4.69, 9.17) is 4.74 Å². The minimum absolute atomic E-state index is 0.101. The van der Waals surface area contributed by atoms with Crippen molar-refractivity contribution < 1.29 is 28.6 Å². The van der Waals surface area contributed by atoms with Gasteiger partial charge in [-0.15, -0.1) is 0 Å². The second kappa shape index (κ2) is 9.54. The van der Waals surface area contributed by atoms with Crippen LogP contribution < -0.4 is 4.90 Å². The van der Waals surface area contributed by atoms with Crippen molar-refractivity contribution in [3.63, 3.8) is 0 Å². The molecule has 3 aromatic rings. The van der Waals surface area contributed by atoms with Crippen LogP contribution in [0.15, 0.2) is 78.4 Å². The van der Waals surface area contributed by atoms with E-state index in [2.05, 4.69) is 0 Å². The summed E-state index contributed by atoms with van der Waals surface area (Å²) in [6.07, 6.45) is -0.284. The smallest absolute Gasteiger partial charge is 0.338 e. The third-order valence-electron chi connectivity index (χ3n) is 5.64. The first kappa shape index (κ1) is 23.9. The molecule has 1 N–H and O–H groups in total. The van der Waals surface area contributed by atoms with E-state index in [0.717, 1.165) is 5.56 Å². The summed E-state index contributed by atoms with van der Waals surface area (Å²) in [7, 11) is 0. The van der Waals surface area contributed by atoms with Gasteiger partial charge in [0.1, 0.15) is 11.6 Å². The maximum Gasteiger partial charge on any atom is 0.338 e. The van der Waals surface area contributed by atoms with Crippen molar-refractivity contribution in [3.8, 4) is 0 Å². The number of carbonyl (C=O) groups is 3. The first-order chi connectivity index (χ1) is 16.7. The third-order valence-corrected chi connectivity index (χ3v) is 5.64. The predicted molar refractivity (Wildman–Crippen MR) is 129 cm³/mol. The van der Waals surface area contributed by atoms with Gasteiger partial charge in [0, 0.05) is 11.3 Å². The zero-order valence-corrected chi connectivity index (χ0v) is 19.5. The number of aryl methyl sites for hydroxylation is 1. The van der Waals surface area contributed by atoms with E-state index < -0.39 is 35.3 Å². The van der Waals surface area contributed by atoms with Crippen LogP contribution in [0.3, 0.4) is 0 Å². The molecule has 0 saturated carbocycles. The quantitative estimate of drug-likeness (QED) is 0.235. The molecule has 1 heterocycles. The number of esters is 1. The normalized spacial score (nSPS) is 17.2. The summed E-state index contributed by atoms with van der Waals surface area (Å²) in [5.74, 6) is -3.07. The summed E-state index contributed by atoms with van der Waals surface area (Å²) in [4.78, 5) is 39.9. The molecule has 35 heavy (non-hydrogen) atoms. The van der Waals surface area contributed by atoms with Crippen molar-refractivity contribution >= 4 is 29.1 Å². The molecule has 3 aromatic carbocycles. The van der Waals surface area contributed by atoms with E-state index >= 15 is 0 Å². The molecule has 0 aromatic heterocycles. The maximum absolute atomic E-state index is 13.4. The maximum atomic E-state index is 13.4. The molecule has 0 bridgehead atoms. The van der Waals surface area contributed by atoms with Gasteiger partial charge >= 0.3 is 5.97 Å². The topological polar surface area (TPSA) is 83.9 Å². The number of halogens is 1. The van der Waals surface area contributed by atoms with Crippen LogP contribution in [0.5, 0.6) is 0 Å². The third kappa shape index (κ3) is 4.71. The Kier molecular flexibility index (Phi) is 6.51. The second-order valence-electron chi connectivity index (χ2n) is 8.59. The van der Waals surface area contributed by atoms with Crippen LogP contribution in [-0.2, 0) is 14.3 Å². The zero-order valence-electron chi connectivity index (χ0n) is 19.5. The number of carbonyl (C=O) groups excluding carboxylic acids is 3. The number of aliphatic hydroxyl groups excluding tert-OH is 1. The number of nitrogens with zero attached hydrogens (tertiary/aromatic N) is 1. The van der Waals surface area contributed by atoms with Crippen LogP contribution in [0.4, 0.5) is 10.1 Å². The van der Waals surface area contributed by atoms with E-state index in [1.54, 1.807) is 38.1 Å². The Morgan fingerprint density at radius 2 is 1.60 bits per heavy atom. The SMILES string of the molecule is Cc1cccc(C2/C(=C(\O)c3ccc(F)cc3)C(=O)C(=O)N2c2ccc(C(=O)OC(C)C)cc2)c1. The van der Waals surface area contributed by atoms with Gasteiger partial charge in [-0.3, -0.25) is 14.5 Å². The molecular weight excluding hydrogens is 449 g/mol. The molecule has 1 aliphatic heterocycles. The summed E-state index contributed by atoms with van der Waals surface area (Å²) in [6.45, 7) is 5.37. The summed E-state index contributed by atoms with van der Waals surface area (Å²) in [6, 6.07) is 17.5. The van der Waals surface area contributed by atoms with Crippen LogP contribution in [0.2, 0.25) is 0 Å². The van der Waals surface area contributed by atoms with Gasteiger partial charge in [-0.1, -0.05) is 29.8 Å². The van der Waals surface area contributed by atoms with Crippen molar-refractivity contribution in [2.45, 2.75) is 32.9 Å². The Balaban J connectivity index is 1.84. The summed E-state index contributed by atoms with van der Waals surface area (Å²) in [5.41, 5.74) is 2.32. The van der Waals surface area contributed by atoms with Gasteiger partial charge in [-0.2, -0.15) is 0 Å². The van der Waals surface area contributed by atoms with Gasteiger partial charge in [0.05, 0.1) is 23.3 Å². The van der Waals surface area contributed by atoms with Crippen LogP contribution in [0.1, 0.15) is 46.9 Å². The zero-order chi connectivity index (χ0) is 25.3. The number of benzene rings is 3. The predicted octanol–water partition coefficient (Wildman–Crippen LogP) is 5.33. The number of ether oxygens (including phenoxy) is 1. The summed E-state index contributed by atoms with van der Waals surface area (Å²) < 4.78 is 18.6. The number of ketones is 1. The van der Waals surface area contributed by atoms with E-state index in [1.165, 1.54) is 41.3 Å². The Labute approximate surface area is 202 Å². The molecule has 1 saturated heterocycles. The molecule has 1 fully saturated rings. The van der Waals surface area contributed by atoms with E-state index in [9.17, 15) is 23.9 Å². The van der Waals surface area contributed by atoms with E-state index in [0.29, 0.717) is 16.8 Å². The molecule has 4 rings (SSSR count). The monoisotopic (exact) mass is 473 g/mol. The first-order valence-corrected chi connectivity index (χ1v) is 11.1. The highest BCUT2D eigenvalue weighted by Gasteiger charge is 2.47. The Morgan fingerprint density at radius 1 is 0.971 bits per heavy atom. The molecule has 0 aliphatic carbocycles. The molecule has 6 nitrogen and oxygen atoms in total. The fraction of sp³-hybridized carbons (Fsp3) is 0.179. The van der Waals surface area contributed by atoms with E-state index in [-0.39, 0.29) is 17.2 Å². The molecule has 7 heteroatoms. The molecule has 1 amide bonds. The number of amides is 1. The minimum atomic E-state index is -0.923. The van der Waals surface area contributed by atoms with Gasteiger partial charge in [0.15, 0.2) is 0 Å². The summed E-state index contributed by atoms with van der Waals surface area (Å²) in [5, 5.41) is 11.1. The fourth-order valence-corrected chi connectivity index (χ4v) is 4.06. The van der Waals surface area contributed by atoms with Crippen molar-refractivity contribution in [2.75, 3.05) is 4.90 Å². The largest absolute Gasteiger partial charge is 0.507 e. The summed E-state index contributed by atoms with van der Waals surface area (Å²) >= 11 is 0. The lowest BCUT2D eigenvalue weighted by atomic mass is 9.94. The van der Waals surface area contributed by atoms with Gasteiger partial charge < -0.3 is 9.84 Å². The first-order valence-electron chi connectivity index (χ1n) is 11.1. The molecule has 1 unspecified atom stereocenters.